The van der Waals surface area contributed by atoms with E-state index in [0.717, 1.165) is 55.2 Å². The summed E-state index contributed by atoms with van der Waals surface area (Å²) in [5.74, 6) is 0. The Morgan fingerprint density at radius 1 is 0.611 bits per heavy atom. The van der Waals surface area contributed by atoms with Gasteiger partial charge >= 0.3 is 0 Å². The summed E-state index contributed by atoms with van der Waals surface area (Å²) in [5.41, 5.74) is 8.54. The Morgan fingerprint density at radius 3 is 2.42 bits per heavy atom. The Morgan fingerprint density at radius 2 is 1.44 bits per heavy atom. The van der Waals surface area contributed by atoms with Crippen LogP contribution in [0.4, 0.5) is 0 Å². The van der Waals surface area contributed by atoms with Gasteiger partial charge in [-0.2, -0.15) is 0 Å². The lowest BCUT2D eigenvalue weighted by atomic mass is 10.0. The van der Waals surface area contributed by atoms with Crippen LogP contribution in [0.3, 0.4) is 0 Å². The number of furan rings is 1. The molecule has 3 nitrogen and oxygen atoms in total. The van der Waals surface area contributed by atoms with E-state index in [4.69, 9.17) is 9.40 Å². The number of pyridine rings is 1. The van der Waals surface area contributed by atoms with Crippen LogP contribution < -0.4 is 0 Å². The number of rotatable bonds is 2. The van der Waals surface area contributed by atoms with Gasteiger partial charge in [0.2, 0.25) is 0 Å². The normalized spacial score (nSPS) is 11.9. The molecular weight excluding hydrogens is 440 g/mol. The molecule has 168 valence electrons. The third-order valence-corrected chi connectivity index (χ3v) is 7.23. The molecule has 5 aromatic carbocycles. The number of benzene rings is 5. The van der Waals surface area contributed by atoms with Gasteiger partial charge in [-0.15, -0.1) is 0 Å². The predicted octanol–water partition coefficient (Wildman–Crippen LogP) is 8.90. The number of para-hydroxylation sites is 3. The van der Waals surface area contributed by atoms with Gasteiger partial charge in [-0.3, -0.25) is 4.98 Å². The standard InChI is InChI=1S/C33H20N2O/c1-3-15-28-27(12-1)31-29(18-17-21-9-7-19-34-32(21)31)35(28)23-10-5-8-22(20-23)24-13-6-14-26-25-11-2-4-16-30(25)36-33(24)26/h1-20H. The zero-order valence-electron chi connectivity index (χ0n) is 19.3. The van der Waals surface area contributed by atoms with Gasteiger partial charge in [0.1, 0.15) is 11.2 Å². The van der Waals surface area contributed by atoms with Crippen molar-refractivity contribution in [2.45, 2.75) is 0 Å². The first-order valence-corrected chi connectivity index (χ1v) is 12.1. The fraction of sp³-hybridized carbons (Fsp3) is 0. The van der Waals surface area contributed by atoms with Crippen LogP contribution in [0.1, 0.15) is 0 Å². The predicted molar refractivity (Wildman–Crippen MR) is 149 cm³/mol. The zero-order chi connectivity index (χ0) is 23.6. The van der Waals surface area contributed by atoms with E-state index in [1.165, 1.54) is 16.3 Å². The van der Waals surface area contributed by atoms with Crippen LogP contribution >= 0.6 is 0 Å². The number of nitrogens with zero attached hydrogens (tertiary/aromatic N) is 2. The second-order valence-corrected chi connectivity index (χ2v) is 9.22. The first-order chi connectivity index (χ1) is 17.9. The van der Waals surface area contributed by atoms with E-state index in [2.05, 4.69) is 102 Å². The molecule has 3 heteroatoms. The van der Waals surface area contributed by atoms with Crippen molar-refractivity contribution in [1.82, 2.24) is 9.55 Å². The SMILES string of the molecule is c1cc(-c2cccc3c2oc2ccccc23)cc(-n2c3ccccc3c3c4ncccc4ccc32)c1. The molecule has 0 bridgehead atoms. The Kier molecular flexibility index (Phi) is 3.94. The maximum absolute atomic E-state index is 6.34. The van der Waals surface area contributed by atoms with Gasteiger partial charge in [-0.1, -0.05) is 78.9 Å². The molecule has 3 aromatic heterocycles. The molecule has 0 saturated heterocycles. The van der Waals surface area contributed by atoms with Gasteiger partial charge in [0.25, 0.3) is 0 Å². The molecule has 0 amide bonds. The Balaban J connectivity index is 1.42. The molecule has 0 atom stereocenters. The fourth-order valence-electron chi connectivity index (χ4n) is 5.66. The highest BCUT2D eigenvalue weighted by atomic mass is 16.3. The number of hydrogen-bond acceptors (Lipinski definition) is 2. The summed E-state index contributed by atoms with van der Waals surface area (Å²) in [6, 6.07) is 40.5. The van der Waals surface area contributed by atoms with Crippen LogP contribution in [-0.2, 0) is 0 Å². The van der Waals surface area contributed by atoms with Crippen LogP contribution in [0.2, 0.25) is 0 Å². The quantitative estimate of drug-likeness (QED) is 0.258. The third-order valence-electron chi connectivity index (χ3n) is 7.23. The maximum Gasteiger partial charge on any atom is 0.143 e. The topological polar surface area (TPSA) is 31.0 Å². The summed E-state index contributed by atoms with van der Waals surface area (Å²) in [6.07, 6.45) is 1.88. The van der Waals surface area contributed by atoms with Crippen molar-refractivity contribution >= 4 is 54.6 Å². The highest BCUT2D eigenvalue weighted by molar-refractivity contribution is 6.20. The lowest BCUT2D eigenvalue weighted by Crippen LogP contribution is -1.94. The molecule has 8 aromatic rings. The van der Waals surface area contributed by atoms with Crippen molar-refractivity contribution in [2.24, 2.45) is 0 Å². The van der Waals surface area contributed by atoms with E-state index < -0.39 is 0 Å². The molecule has 0 aliphatic rings. The van der Waals surface area contributed by atoms with Crippen molar-refractivity contribution in [3.63, 3.8) is 0 Å². The molecule has 36 heavy (non-hydrogen) atoms. The summed E-state index contributed by atoms with van der Waals surface area (Å²) in [4.78, 5) is 4.76. The van der Waals surface area contributed by atoms with Gasteiger partial charge < -0.3 is 8.98 Å². The van der Waals surface area contributed by atoms with E-state index in [-0.39, 0.29) is 0 Å². The first kappa shape index (κ1) is 19.4. The summed E-state index contributed by atoms with van der Waals surface area (Å²) in [7, 11) is 0. The summed E-state index contributed by atoms with van der Waals surface area (Å²) >= 11 is 0. The Labute approximate surface area is 206 Å². The summed E-state index contributed by atoms with van der Waals surface area (Å²) < 4.78 is 8.69. The molecule has 3 heterocycles. The second-order valence-electron chi connectivity index (χ2n) is 9.22. The highest BCUT2D eigenvalue weighted by Gasteiger charge is 2.17. The van der Waals surface area contributed by atoms with Crippen LogP contribution in [0.5, 0.6) is 0 Å². The Bertz CT molecular complexity index is 2110. The van der Waals surface area contributed by atoms with Crippen molar-refractivity contribution in [1.29, 1.82) is 0 Å². The van der Waals surface area contributed by atoms with Crippen LogP contribution in [0.25, 0.3) is 71.5 Å². The monoisotopic (exact) mass is 460 g/mol. The van der Waals surface area contributed by atoms with Gasteiger partial charge in [-0.05, 0) is 42.0 Å². The van der Waals surface area contributed by atoms with E-state index >= 15 is 0 Å². The van der Waals surface area contributed by atoms with Gasteiger partial charge in [0, 0.05) is 44.4 Å². The van der Waals surface area contributed by atoms with Gasteiger partial charge in [-0.25, -0.2) is 0 Å². The zero-order valence-corrected chi connectivity index (χ0v) is 19.3. The average molecular weight is 461 g/mol. The molecular formula is C33H20N2O. The second kappa shape index (κ2) is 7.30. The first-order valence-electron chi connectivity index (χ1n) is 12.1. The maximum atomic E-state index is 6.34. The molecule has 0 aliphatic heterocycles. The van der Waals surface area contributed by atoms with E-state index in [0.29, 0.717) is 0 Å². The van der Waals surface area contributed by atoms with Crippen LogP contribution in [0.15, 0.2) is 126 Å². The molecule has 0 unspecified atom stereocenters. The van der Waals surface area contributed by atoms with E-state index in [1.54, 1.807) is 0 Å². The number of hydrogen-bond donors (Lipinski definition) is 0. The minimum atomic E-state index is 0.915. The molecule has 0 fully saturated rings. The Hall–Kier alpha value is -4.89. The third kappa shape index (κ3) is 2.65. The molecule has 8 rings (SSSR count). The smallest absolute Gasteiger partial charge is 0.143 e. The van der Waals surface area contributed by atoms with Gasteiger partial charge in [0.15, 0.2) is 0 Å². The molecule has 0 spiro atoms. The minimum Gasteiger partial charge on any atom is -0.455 e. The van der Waals surface area contributed by atoms with E-state index in [9.17, 15) is 0 Å². The molecule has 0 saturated carbocycles. The highest BCUT2D eigenvalue weighted by Crippen LogP contribution is 2.39. The summed E-state index contributed by atoms with van der Waals surface area (Å²) in [5, 5.41) is 5.84. The van der Waals surface area contributed by atoms with Crippen molar-refractivity contribution in [3.8, 4) is 16.8 Å². The van der Waals surface area contributed by atoms with E-state index in [1.807, 2.05) is 24.4 Å². The molecule has 0 aliphatic carbocycles. The van der Waals surface area contributed by atoms with Crippen molar-refractivity contribution in [3.05, 3.63) is 121 Å². The molecule has 0 N–H and O–H groups in total. The lowest BCUT2D eigenvalue weighted by Gasteiger charge is -2.11. The van der Waals surface area contributed by atoms with Gasteiger partial charge in [0.05, 0.1) is 16.6 Å². The van der Waals surface area contributed by atoms with Crippen molar-refractivity contribution < 1.29 is 4.42 Å². The average Bonchev–Trinajstić information content (AvgIpc) is 3.49. The lowest BCUT2D eigenvalue weighted by molar-refractivity contribution is 0.670. The minimum absolute atomic E-state index is 0.915. The number of aromatic nitrogens is 2. The largest absolute Gasteiger partial charge is 0.455 e. The molecule has 0 radical (unpaired) electrons. The van der Waals surface area contributed by atoms with Crippen LogP contribution in [-0.4, -0.2) is 9.55 Å². The van der Waals surface area contributed by atoms with Crippen molar-refractivity contribution in [2.75, 3.05) is 0 Å². The number of fused-ring (bicyclic) bond motifs is 8. The fourth-order valence-corrected chi connectivity index (χ4v) is 5.66. The summed E-state index contributed by atoms with van der Waals surface area (Å²) in [6.45, 7) is 0. The van der Waals surface area contributed by atoms with Crippen LogP contribution in [0, 0.1) is 0 Å².